The predicted molar refractivity (Wildman–Crippen MR) is 109 cm³/mol. The van der Waals surface area contributed by atoms with Crippen molar-refractivity contribution < 1.29 is 15.1 Å². The van der Waals surface area contributed by atoms with E-state index in [0.717, 1.165) is 70.2 Å². The summed E-state index contributed by atoms with van der Waals surface area (Å²) in [5.41, 5.74) is 1.43. The highest BCUT2D eigenvalue weighted by Crippen LogP contribution is 2.66. The lowest BCUT2D eigenvalue weighted by atomic mass is 9.44. The summed E-state index contributed by atoms with van der Waals surface area (Å²) in [4.78, 5) is 5.79. The molecule has 1 saturated heterocycles. The average molecular weight is 391 g/mol. The summed E-state index contributed by atoms with van der Waals surface area (Å²) < 4.78 is 0. The van der Waals surface area contributed by atoms with Crippen molar-refractivity contribution in [2.45, 2.75) is 89.9 Å². The van der Waals surface area contributed by atoms with Crippen LogP contribution in [0.1, 0.15) is 71.6 Å². The molecule has 5 fully saturated rings. The molecule has 28 heavy (non-hydrogen) atoms. The van der Waals surface area contributed by atoms with E-state index in [9.17, 15) is 10.2 Å². The van der Waals surface area contributed by atoms with Crippen LogP contribution in [0.5, 0.6) is 0 Å². The predicted octanol–water partition coefficient (Wildman–Crippen LogP) is 3.10. The molecule has 0 aromatic carbocycles. The molecule has 3 N–H and O–H groups in total. The van der Waals surface area contributed by atoms with Crippen LogP contribution >= 0.6 is 0 Å². The first-order valence-electron chi connectivity index (χ1n) is 11.7. The summed E-state index contributed by atoms with van der Waals surface area (Å²) in [6, 6.07) is 0. The van der Waals surface area contributed by atoms with Gasteiger partial charge in [-0.15, -0.1) is 0 Å². The molecule has 5 aliphatic rings. The van der Waals surface area contributed by atoms with E-state index in [0.29, 0.717) is 23.7 Å². The van der Waals surface area contributed by atoms with Crippen LogP contribution in [0.3, 0.4) is 0 Å². The molecule has 0 spiro atoms. The number of hydrogen-bond acceptors (Lipinski definition) is 5. The number of rotatable bonds is 2. The third kappa shape index (κ3) is 2.87. The van der Waals surface area contributed by atoms with Crippen molar-refractivity contribution in [3.05, 3.63) is 0 Å². The first-order valence-corrected chi connectivity index (χ1v) is 11.7. The Bertz CT molecular complexity index is 633. The molecule has 1 aliphatic heterocycles. The Kier molecular flexibility index (Phi) is 4.80. The Balaban J connectivity index is 1.33. The molecule has 4 saturated carbocycles. The number of oxime groups is 1. The first kappa shape index (κ1) is 19.3. The highest BCUT2D eigenvalue weighted by atomic mass is 16.6. The lowest BCUT2D eigenvalue weighted by Crippen LogP contribution is -2.58. The van der Waals surface area contributed by atoms with Crippen LogP contribution < -0.4 is 5.32 Å². The number of hydrogen-bond donors (Lipinski definition) is 3. The van der Waals surface area contributed by atoms with Gasteiger partial charge in [0.25, 0.3) is 0 Å². The summed E-state index contributed by atoms with van der Waals surface area (Å²) in [6.45, 7) is 6.68. The Morgan fingerprint density at radius 2 is 1.82 bits per heavy atom. The molecule has 5 heteroatoms. The van der Waals surface area contributed by atoms with E-state index in [1.165, 1.54) is 6.42 Å². The summed E-state index contributed by atoms with van der Waals surface area (Å²) in [5, 5.41) is 29.7. The zero-order valence-electron chi connectivity index (χ0n) is 17.6. The van der Waals surface area contributed by atoms with Gasteiger partial charge in [0, 0.05) is 13.0 Å². The molecule has 1 heterocycles. The fraction of sp³-hybridized carbons (Fsp3) is 0.957. The van der Waals surface area contributed by atoms with E-state index >= 15 is 0 Å². The molecular weight excluding hydrogens is 352 g/mol. The second-order valence-electron chi connectivity index (χ2n) is 11.0. The van der Waals surface area contributed by atoms with Crippen LogP contribution in [0.25, 0.3) is 0 Å². The van der Waals surface area contributed by atoms with E-state index in [1.807, 2.05) is 0 Å². The second kappa shape index (κ2) is 6.95. The molecule has 158 valence electrons. The average Bonchev–Trinajstić information content (AvgIpc) is 3.29. The van der Waals surface area contributed by atoms with Crippen molar-refractivity contribution in [1.82, 2.24) is 5.32 Å². The molecular formula is C23H38N2O3. The van der Waals surface area contributed by atoms with Gasteiger partial charge in [-0.1, -0.05) is 19.0 Å². The number of aliphatic hydroxyl groups is 2. The standard InChI is InChI=1S/C23H38N2O3/c1-22-8-5-14(25-28-15-7-10-24-13-15)11-19(22)20(26)12-16-17-3-4-21(27)23(17,2)9-6-18(16)22/h15-21,24,26-27H,3-13H2,1-2H3/b25-14-/t15-,16+,17+,18-,19?,20?,21?,22-,23+/m1/s1. The molecule has 0 amide bonds. The summed E-state index contributed by atoms with van der Waals surface area (Å²) in [7, 11) is 0. The minimum atomic E-state index is -0.245. The topological polar surface area (TPSA) is 74.1 Å². The van der Waals surface area contributed by atoms with Crippen molar-refractivity contribution in [2.24, 2.45) is 39.7 Å². The van der Waals surface area contributed by atoms with Gasteiger partial charge in [0.2, 0.25) is 0 Å². The quantitative estimate of drug-likeness (QED) is 0.634. The van der Waals surface area contributed by atoms with Crippen LogP contribution in [0.2, 0.25) is 0 Å². The van der Waals surface area contributed by atoms with E-state index in [4.69, 9.17) is 4.84 Å². The third-order valence-corrected chi connectivity index (χ3v) is 9.81. The van der Waals surface area contributed by atoms with Gasteiger partial charge in [0.1, 0.15) is 6.10 Å². The monoisotopic (exact) mass is 390 g/mol. The lowest BCUT2D eigenvalue weighted by molar-refractivity contribution is -0.153. The zero-order chi connectivity index (χ0) is 19.5. The van der Waals surface area contributed by atoms with Gasteiger partial charge in [0.05, 0.1) is 17.9 Å². The SMILES string of the molecule is C[C@]12CC/C(=N/O[C@@H]3CCNC3)CC1C(O)C[C@@H]1[C@H]2CC[C@]2(C)C(O)CC[C@@H]12. The van der Waals surface area contributed by atoms with Crippen LogP contribution in [-0.2, 0) is 4.84 Å². The zero-order valence-corrected chi connectivity index (χ0v) is 17.6. The van der Waals surface area contributed by atoms with Gasteiger partial charge in [-0.2, -0.15) is 0 Å². The number of fused-ring (bicyclic) bond motifs is 5. The van der Waals surface area contributed by atoms with Gasteiger partial charge in [-0.3, -0.25) is 0 Å². The maximum absolute atomic E-state index is 11.2. The van der Waals surface area contributed by atoms with Crippen molar-refractivity contribution in [2.75, 3.05) is 13.1 Å². The molecule has 5 rings (SSSR count). The second-order valence-corrected chi connectivity index (χ2v) is 11.0. The van der Waals surface area contributed by atoms with Crippen molar-refractivity contribution in [1.29, 1.82) is 0 Å². The summed E-state index contributed by atoms with van der Waals surface area (Å²) >= 11 is 0. The highest BCUT2D eigenvalue weighted by molar-refractivity contribution is 5.85. The molecule has 9 atom stereocenters. The van der Waals surface area contributed by atoms with Crippen LogP contribution in [0, 0.1) is 34.5 Å². The van der Waals surface area contributed by atoms with Crippen LogP contribution in [0.4, 0.5) is 0 Å². The number of aliphatic hydroxyl groups excluding tert-OH is 2. The largest absolute Gasteiger partial charge is 0.393 e. The van der Waals surface area contributed by atoms with E-state index < -0.39 is 0 Å². The third-order valence-electron chi connectivity index (χ3n) is 9.81. The van der Waals surface area contributed by atoms with Crippen molar-refractivity contribution in [3.63, 3.8) is 0 Å². The van der Waals surface area contributed by atoms with E-state index in [2.05, 4.69) is 24.3 Å². The molecule has 0 aromatic rings. The van der Waals surface area contributed by atoms with Gasteiger partial charge >= 0.3 is 0 Å². The maximum atomic E-state index is 11.2. The first-order chi connectivity index (χ1) is 13.4. The summed E-state index contributed by atoms with van der Waals surface area (Å²) in [6.07, 6.45) is 9.25. The Hall–Kier alpha value is -0.650. The molecule has 0 aromatic heterocycles. The van der Waals surface area contributed by atoms with Gasteiger partial charge in [-0.25, -0.2) is 0 Å². The minimum Gasteiger partial charge on any atom is -0.393 e. The number of nitrogens with zero attached hydrogens (tertiary/aromatic N) is 1. The van der Waals surface area contributed by atoms with Gasteiger partial charge in [0.15, 0.2) is 0 Å². The normalized spacial score (nSPS) is 54.9. The smallest absolute Gasteiger partial charge is 0.141 e. The molecule has 0 radical (unpaired) electrons. The minimum absolute atomic E-state index is 0.0779. The summed E-state index contributed by atoms with van der Waals surface area (Å²) in [5.74, 6) is 2.15. The number of nitrogens with one attached hydrogen (secondary N) is 1. The molecule has 3 unspecified atom stereocenters. The molecule has 5 nitrogen and oxygen atoms in total. The van der Waals surface area contributed by atoms with Gasteiger partial charge in [-0.05, 0) is 92.4 Å². The lowest BCUT2D eigenvalue weighted by Gasteiger charge is -2.61. The Labute approximate surface area is 169 Å². The van der Waals surface area contributed by atoms with Crippen molar-refractivity contribution >= 4 is 5.71 Å². The fourth-order valence-corrected chi connectivity index (χ4v) is 8.02. The van der Waals surface area contributed by atoms with Crippen molar-refractivity contribution in [3.8, 4) is 0 Å². The van der Waals surface area contributed by atoms with E-state index in [1.54, 1.807) is 0 Å². The van der Waals surface area contributed by atoms with Crippen LogP contribution in [0.15, 0.2) is 5.16 Å². The van der Waals surface area contributed by atoms with Gasteiger partial charge < -0.3 is 20.4 Å². The Morgan fingerprint density at radius 1 is 1.00 bits per heavy atom. The Morgan fingerprint density at radius 3 is 2.61 bits per heavy atom. The maximum Gasteiger partial charge on any atom is 0.141 e. The van der Waals surface area contributed by atoms with E-state index in [-0.39, 0.29) is 29.1 Å². The highest BCUT2D eigenvalue weighted by Gasteiger charge is 2.61. The fourth-order valence-electron chi connectivity index (χ4n) is 8.02. The van der Waals surface area contributed by atoms with Crippen LogP contribution in [-0.4, -0.2) is 47.3 Å². The molecule has 4 aliphatic carbocycles. The molecule has 0 bridgehead atoms.